The van der Waals surface area contributed by atoms with Crippen molar-refractivity contribution in [3.63, 3.8) is 0 Å². The molecule has 5 aromatic carbocycles. The monoisotopic (exact) mass is 416 g/mol. The lowest BCUT2D eigenvalue weighted by molar-refractivity contribution is 1.16. The molecular weight excluding hydrogens is 396 g/mol. The topological polar surface area (TPSA) is 40.6 Å². The van der Waals surface area contributed by atoms with Gasteiger partial charge in [0, 0.05) is 22.7 Å². The second-order valence-electron chi connectivity index (χ2n) is 7.37. The van der Waals surface area contributed by atoms with Gasteiger partial charge in [-0.05, 0) is 48.5 Å². The third-order valence-corrected chi connectivity index (χ3v) is 5.37. The summed E-state index contributed by atoms with van der Waals surface area (Å²) in [5, 5.41) is 0. The average molecular weight is 416 g/mol. The molecule has 0 atom stereocenters. The van der Waals surface area contributed by atoms with Gasteiger partial charge in [0.1, 0.15) is 11.4 Å². The predicted molar refractivity (Wildman–Crippen MR) is 131 cm³/mol. The van der Waals surface area contributed by atoms with E-state index in [0.717, 1.165) is 22.7 Å². The van der Waals surface area contributed by atoms with Gasteiger partial charge in [-0.15, -0.1) is 0 Å². The van der Waals surface area contributed by atoms with Crippen LogP contribution >= 0.6 is 0 Å². The van der Waals surface area contributed by atoms with Crippen molar-refractivity contribution >= 4 is 34.1 Å². The van der Waals surface area contributed by atoms with Crippen molar-refractivity contribution in [2.75, 3.05) is 9.80 Å². The maximum Gasteiger partial charge on any atom is 0.254 e. The normalized spacial score (nSPS) is 10.8. The van der Waals surface area contributed by atoms with E-state index >= 15 is 0 Å². The van der Waals surface area contributed by atoms with E-state index in [0.29, 0.717) is 11.4 Å². The van der Waals surface area contributed by atoms with Crippen LogP contribution in [0.2, 0.25) is 0 Å². The van der Waals surface area contributed by atoms with E-state index in [9.17, 15) is 9.59 Å². The lowest BCUT2D eigenvalue weighted by Gasteiger charge is -2.33. The first-order valence-corrected chi connectivity index (χ1v) is 10.4. The first-order chi connectivity index (χ1) is 15.8. The van der Waals surface area contributed by atoms with Crippen molar-refractivity contribution in [2.45, 2.75) is 0 Å². The van der Waals surface area contributed by atoms with Crippen molar-refractivity contribution < 1.29 is 0 Å². The molecular formula is C28H20N2O2. The maximum absolute atomic E-state index is 13.1. The SMILES string of the molecule is O=c1c(N(c2ccccc2)c2ccccc2)c(N(c2ccccc2)c2ccccc2)c1=O. The van der Waals surface area contributed by atoms with Gasteiger partial charge in [0.25, 0.3) is 10.9 Å². The van der Waals surface area contributed by atoms with E-state index in [1.807, 2.05) is 131 Å². The zero-order valence-electron chi connectivity index (χ0n) is 17.3. The lowest BCUT2D eigenvalue weighted by Crippen LogP contribution is -2.41. The van der Waals surface area contributed by atoms with E-state index in [-0.39, 0.29) is 0 Å². The van der Waals surface area contributed by atoms with Gasteiger partial charge < -0.3 is 9.80 Å². The summed E-state index contributed by atoms with van der Waals surface area (Å²) in [5.74, 6) is 0. The van der Waals surface area contributed by atoms with Gasteiger partial charge in [-0.2, -0.15) is 0 Å². The van der Waals surface area contributed by atoms with Gasteiger partial charge in [-0.3, -0.25) is 9.59 Å². The van der Waals surface area contributed by atoms with Crippen LogP contribution in [0, 0.1) is 0 Å². The molecule has 0 aliphatic heterocycles. The molecule has 154 valence electrons. The quantitative estimate of drug-likeness (QED) is 0.308. The molecule has 0 saturated heterocycles. The summed E-state index contributed by atoms with van der Waals surface area (Å²) in [7, 11) is 0. The van der Waals surface area contributed by atoms with Crippen molar-refractivity contribution in [3.8, 4) is 0 Å². The van der Waals surface area contributed by atoms with Gasteiger partial charge >= 0.3 is 0 Å². The highest BCUT2D eigenvalue weighted by Crippen LogP contribution is 2.42. The van der Waals surface area contributed by atoms with Crippen molar-refractivity contribution in [1.29, 1.82) is 0 Å². The minimum Gasteiger partial charge on any atom is -0.305 e. The van der Waals surface area contributed by atoms with Crippen LogP contribution in [0.15, 0.2) is 131 Å². The fraction of sp³-hybridized carbons (Fsp3) is 0. The second kappa shape index (κ2) is 8.36. The maximum atomic E-state index is 13.1. The summed E-state index contributed by atoms with van der Waals surface area (Å²) in [4.78, 5) is 29.8. The molecule has 0 aliphatic carbocycles. The molecule has 0 aliphatic rings. The molecule has 4 nitrogen and oxygen atoms in total. The highest BCUT2D eigenvalue weighted by Gasteiger charge is 2.33. The molecule has 0 N–H and O–H groups in total. The van der Waals surface area contributed by atoms with Gasteiger partial charge in [0.15, 0.2) is 0 Å². The molecule has 0 saturated carbocycles. The van der Waals surface area contributed by atoms with Crippen molar-refractivity contribution in [2.24, 2.45) is 0 Å². The largest absolute Gasteiger partial charge is 0.305 e. The molecule has 0 bridgehead atoms. The third-order valence-electron chi connectivity index (χ3n) is 5.37. The molecule has 4 heteroatoms. The van der Waals surface area contributed by atoms with E-state index in [2.05, 4.69) is 0 Å². The zero-order chi connectivity index (χ0) is 21.9. The lowest BCUT2D eigenvalue weighted by atomic mass is 10.1. The summed E-state index contributed by atoms with van der Waals surface area (Å²) in [6.07, 6.45) is 0. The Bertz CT molecular complexity index is 1200. The Morgan fingerprint density at radius 3 is 0.781 bits per heavy atom. The van der Waals surface area contributed by atoms with E-state index < -0.39 is 10.9 Å². The third kappa shape index (κ3) is 3.38. The number of benzene rings is 4. The van der Waals surface area contributed by atoms with E-state index in [1.165, 1.54) is 0 Å². The van der Waals surface area contributed by atoms with Crippen LogP contribution in [0.25, 0.3) is 0 Å². The summed E-state index contributed by atoms with van der Waals surface area (Å²) in [5.41, 5.74) is 2.98. The number of para-hydroxylation sites is 4. The Morgan fingerprint density at radius 2 is 0.562 bits per heavy atom. The van der Waals surface area contributed by atoms with Crippen LogP contribution in [0.3, 0.4) is 0 Å². The summed E-state index contributed by atoms with van der Waals surface area (Å²) >= 11 is 0. The Hall–Kier alpha value is -4.44. The van der Waals surface area contributed by atoms with Crippen LogP contribution in [-0.4, -0.2) is 0 Å². The molecule has 0 heterocycles. The predicted octanol–water partition coefficient (Wildman–Crippen LogP) is 6.22. The summed E-state index contributed by atoms with van der Waals surface area (Å²) in [6, 6.07) is 38.5. The number of anilines is 6. The summed E-state index contributed by atoms with van der Waals surface area (Å²) in [6.45, 7) is 0. The number of rotatable bonds is 6. The van der Waals surface area contributed by atoms with Gasteiger partial charge in [-0.25, -0.2) is 0 Å². The first kappa shape index (κ1) is 19.5. The minimum atomic E-state index is -0.496. The van der Waals surface area contributed by atoms with Crippen LogP contribution in [0.1, 0.15) is 0 Å². The van der Waals surface area contributed by atoms with Gasteiger partial charge in [0.2, 0.25) is 0 Å². The molecule has 0 radical (unpaired) electrons. The Balaban J connectivity index is 1.76. The van der Waals surface area contributed by atoms with Gasteiger partial charge in [0.05, 0.1) is 0 Å². The number of nitrogens with zero attached hydrogens (tertiary/aromatic N) is 2. The molecule has 0 fully saturated rings. The first-order valence-electron chi connectivity index (χ1n) is 10.4. The Labute approximate surface area is 185 Å². The van der Waals surface area contributed by atoms with Crippen molar-refractivity contribution in [3.05, 3.63) is 142 Å². The molecule has 32 heavy (non-hydrogen) atoms. The fourth-order valence-corrected chi connectivity index (χ4v) is 3.91. The minimum absolute atomic E-state index is 0.361. The Morgan fingerprint density at radius 1 is 0.344 bits per heavy atom. The fourth-order valence-electron chi connectivity index (χ4n) is 3.91. The summed E-state index contributed by atoms with van der Waals surface area (Å²) < 4.78 is 0. The van der Waals surface area contributed by atoms with Gasteiger partial charge in [-0.1, -0.05) is 72.8 Å². The molecule has 0 aromatic heterocycles. The highest BCUT2D eigenvalue weighted by molar-refractivity contribution is 5.93. The van der Waals surface area contributed by atoms with E-state index in [4.69, 9.17) is 0 Å². The highest BCUT2D eigenvalue weighted by atomic mass is 16.2. The molecule has 5 rings (SSSR count). The Kier molecular flexibility index (Phi) is 5.10. The molecule has 0 amide bonds. The van der Waals surface area contributed by atoms with Crippen LogP contribution in [0.5, 0.6) is 0 Å². The van der Waals surface area contributed by atoms with Crippen LogP contribution < -0.4 is 20.7 Å². The molecule has 5 aromatic rings. The smallest absolute Gasteiger partial charge is 0.254 e. The molecule has 0 unspecified atom stereocenters. The zero-order valence-corrected chi connectivity index (χ0v) is 17.3. The van der Waals surface area contributed by atoms with Crippen molar-refractivity contribution in [1.82, 2.24) is 0 Å². The number of hydrogen-bond acceptors (Lipinski definition) is 4. The van der Waals surface area contributed by atoms with Crippen LogP contribution in [0.4, 0.5) is 34.1 Å². The van der Waals surface area contributed by atoms with Crippen LogP contribution in [-0.2, 0) is 0 Å². The average Bonchev–Trinajstić information content (AvgIpc) is 2.88. The van der Waals surface area contributed by atoms with E-state index in [1.54, 1.807) is 0 Å². The number of hydrogen-bond donors (Lipinski definition) is 0. The second-order valence-corrected chi connectivity index (χ2v) is 7.37. The molecule has 0 spiro atoms. The standard InChI is InChI=1S/C28H20N2O2/c31-27-25(29(21-13-5-1-6-14-21)22-15-7-2-8-16-22)26(28(27)32)30(23-17-9-3-10-18-23)24-19-11-4-12-20-24/h1-20H.